The summed E-state index contributed by atoms with van der Waals surface area (Å²) >= 11 is 0. The summed E-state index contributed by atoms with van der Waals surface area (Å²) in [6.45, 7) is 7.09. The molecule has 6 heteroatoms. The first kappa shape index (κ1) is 15.5. The van der Waals surface area contributed by atoms with Gasteiger partial charge in [0.05, 0.1) is 12.2 Å². The molecule has 1 aromatic rings. The summed E-state index contributed by atoms with van der Waals surface area (Å²) in [7, 11) is 0. The van der Waals surface area contributed by atoms with Crippen LogP contribution in [0.5, 0.6) is 0 Å². The first-order valence-electron chi connectivity index (χ1n) is 7.45. The van der Waals surface area contributed by atoms with E-state index in [0.717, 1.165) is 31.6 Å². The van der Waals surface area contributed by atoms with E-state index in [9.17, 15) is 4.79 Å². The Kier molecular flexibility index (Phi) is 4.98. The molecular weight excluding hydrogens is 268 g/mol. The number of likely N-dealkylation sites (tertiary alicyclic amines) is 1. The fourth-order valence-corrected chi connectivity index (χ4v) is 2.39. The summed E-state index contributed by atoms with van der Waals surface area (Å²) in [6, 6.07) is 0.135. The van der Waals surface area contributed by atoms with Crippen molar-refractivity contribution in [2.75, 3.05) is 18.4 Å². The lowest BCUT2D eigenvalue weighted by atomic mass is 10.0. The predicted octanol–water partition coefficient (Wildman–Crippen LogP) is 2.68. The quantitative estimate of drug-likeness (QED) is 0.927. The smallest absolute Gasteiger partial charge is 0.410 e. The molecule has 1 amide bonds. The highest BCUT2D eigenvalue weighted by atomic mass is 16.6. The molecule has 2 rings (SSSR count). The van der Waals surface area contributed by atoms with Crippen LogP contribution in [0.1, 0.15) is 40.0 Å². The predicted molar refractivity (Wildman–Crippen MR) is 81.1 cm³/mol. The summed E-state index contributed by atoms with van der Waals surface area (Å²) < 4.78 is 5.49. The van der Waals surface area contributed by atoms with Crippen LogP contribution in [0.15, 0.2) is 18.6 Å². The van der Waals surface area contributed by atoms with Gasteiger partial charge in [-0.2, -0.15) is 0 Å². The van der Waals surface area contributed by atoms with Crippen LogP contribution in [0, 0.1) is 0 Å². The molecule has 1 fully saturated rings. The molecule has 1 aliphatic rings. The number of rotatable bonds is 3. The minimum atomic E-state index is -0.461. The Morgan fingerprint density at radius 3 is 2.90 bits per heavy atom. The molecule has 6 nitrogen and oxygen atoms in total. The third-order valence-corrected chi connectivity index (χ3v) is 3.34. The van der Waals surface area contributed by atoms with E-state index in [1.54, 1.807) is 18.6 Å². The van der Waals surface area contributed by atoms with Gasteiger partial charge in [0.25, 0.3) is 0 Å². The van der Waals surface area contributed by atoms with Gasteiger partial charge in [-0.05, 0) is 40.0 Å². The number of hydrogen-bond donors (Lipinski definition) is 1. The maximum Gasteiger partial charge on any atom is 0.410 e. The number of carbonyl (C=O) groups excluding carboxylic acids is 1. The van der Waals surface area contributed by atoms with E-state index in [1.807, 2.05) is 25.7 Å². The molecule has 1 aromatic heterocycles. The van der Waals surface area contributed by atoms with Crippen LogP contribution in [0.2, 0.25) is 0 Å². The Balaban J connectivity index is 1.94. The number of nitrogens with zero attached hydrogens (tertiary/aromatic N) is 3. The van der Waals surface area contributed by atoms with Gasteiger partial charge in [0.1, 0.15) is 11.4 Å². The molecule has 21 heavy (non-hydrogen) atoms. The van der Waals surface area contributed by atoms with E-state index < -0.39 is 5.60 Å². The molecular formula is C15H24N4O2. The van der Waals surface area contributed by atoms with Crippen molar-refractivity contribution in [2.45, 2.75) is 51.7 Å². The van der Waals surface area contributed by atoms with E-state index in [-0.39, 0.29) is 12.1 Å². The molecule has 116 valence electrons. The van der Waals surface area contributed by atoms with Gasteiger partial charge in [0.15, 0.2) is 0 Å². The number of anilines is 1. The summed E-state index contributed by atoms with van der Waals surface area (Å²) in [5, 5.41) is 3.24. The topological polar surface area (TPSA) is 67.3 Å². The Labute approximate surface area is 125 Å². The second-order valence-electron chi connectivity index (χ2n) is 6.29. The number of hydrogen-bond acceptors (Lipinski definition) is 5. The molecule has 0 aliphatic carbocycles. The number of carbonyl (C=O) groups is 1. The van der Waals surface area contributed by atoms with E-state index in [1.165, 1.54) is 0 Å². The van der Waals surface area contributed by atoms with Gasteiger partial charge in [-0.1, -0.05) is 0 Å². The molecule has 1 atom stereocenters. The van der Waals surface area contributed by atoms with Gasteiger partial charge in [0, 0.05) is 25.5 Å². The van der Waals surface area contributed by atoms with Gasteiger partial charge in [-0.15, -0.1) is 0 Å². The molecule has 0 unspecified atom stereocenters. The SMILES string of the molecule is CC(C)(C)OC(=O)N1CCCC[C@@H]1CNc1cnccn1. The van der Waals surface area contributed by atoms with Crippen molar-refractivity contribution in [1.82, 2.24) is 14.9 Å². The average Bonchev–Trinajstić information content (AvgIpc) is 2.45. The highest BCUT2D eigenvalue weighted by Gasteiger charge is 2.30. The first-order valence-corrected chi connectivity index (χ1v) is 7.45. The van der Waals surface area contributed by atoms with Crippen molar-refractivity contribution >= 4 is 11.9 Å². The molecule has 0 spiro atoms. The van der Waals surface area contributed by atoms with Crippen molar-refractivity contribution in [3.63, 3.8) is 0 Å². The van der Waals surface area contributed by atoms with Gasteiger partial charge in [-0.25, -0.2) is 9.78 Å². The highest BCUT2D eigenvalue weighted by Crippen LogP contribution is 2.20. The molecule has 2 heterocycles. The normalized spacial score (nSPS) is 19.2. The van der Waals surface area contributed by atoms with Crippen molar-refractivity contribution in [3.05, 3.63) is 18.6 Å². The highest BCUT2D eigenvalue weighted by molar-refractivity contribution is 5.68. The molecule has 0 saturated carbocycles. The second-order valence-corrected chi connectivity index (χ2v) is 6.29. The van der Waals surface area contributed by atoms with E-state index in [2.05, 4.69) is 15.3 Å². The number of ether oxygens (including phenoxy) is 1. The zero-order valence-electron chi connectivity index (χ0n) is 13.0. The lowest BCUT2D eigenvalue weighted by molar-refractivity contribution is 0.0114. The number of nitrogens with one attached hydrogen (secondary N) is 1. The summed E-state index contributed by atoms with van der Waals surface area (Å²) in [5.41, 5.74) is -0.461. The van der Waals surface area contributed by atoms with Crippen molar-refractivity contribution in [3.8, 4) is 0 Å². The van der Waals surface area contributed by atoms with Gasteiger partial charge in [0.2, 0.25) is 0 Å². The Morgan fingerprint density at radius 1 is 1.43 bits per heavy atom. The minimum absolute atomic E-state index is 0.135. The fourth-order valence-electron chi connectivity index (χ4n) is 2.39. The van der Waals surface area contributed by atoms with Gasteiger partial charge < -0.3 is 15.0 Å². The van der Waals surface area contributed by atoms with Crippen LogP contribution in [0.4, 0.5) is 10.6 Å². The summed E-state index contributed by atoms with van der Waals surface area (Å²) in [6.07, 6.45) is 7.88. The molecule has 1 N–H and O–H groups in total. The van der Waals surface area contributed by atoms with Gasteiger partial charge >= 0.3 is 6.09 Å². The molecule has 0 aromatic carbocycles. The largest absolute Gasteiger partial charge is 0.444 e. The van der Waals surface area contributed by atoms with E-state index >= 15 is 0 Å². The lowest BCUT2D eigenvalue weighted by Gasteiger charge is -2.36. The van der Waals surface area contributed by atoms with Crippen LogP contribution >= 0.6 is 0 Å². The maximum atomic E-state index is 12.3. The van der Waals surface area contributed by atoms with Crippen molar-refractivity contribution in [2.24, 2.45) is 0 Å². The maximum absolute atomic E-state index is 12.3. The average molecular weight is 292 g/mol. The molecule has 0 bridgehead atoms. The van der Waals surface area contributed by atoms with Crippen LogP contribution in [0.3, 0.4) is 0 Å². The lowest BCUT2D eigenvalue weighted by Crippen LogP contribution is -2.48. The molecule has 1 aliphatic heterocycles. The van der Waals surface area contributed by atoms with E-state index in [4.69, 9.17) is 4.74 Å². The van der Waals surface area contributed by atoms with Crippen molar-refractivity contribution in [1.29, 1.82) is 0 Å². The monoisotopic (exact) mass is 292 g/mol. The zero-order valence-corrected chi connectivity index (χ0v) is 13.0. The number of aromatic nitrogens is 2. The van der Waals surface area contributed by atoms with E-state index in [0.29, 0.717) is 6.54 Å². The molecule has 1 saturated heterocycles. The van der Waals surface area contributed by atoms with Gasteiger partial charge in [-0.3, -0.25) is 4.98 Å². The Hall–Kier alpha value is -1.85. The Bertz CT molecular complexity index is 458. The number of amides is 1. The zero-order chi connectivity index (χ0) is 15.3. The number of piperidine rings is 1. The van der Waals surface area contributed by atoms with Crippen LogP contribution in [0.25, 0.3) is 0 Å². The second kappa shape index (κ2) is 6.74. The third-order valence-electron chi connectivity index (χ3n) is 3.34. The van der Waals surface area contributed by atoms with Crippen LogP contribution in [-0.2, 0) is 4.74 Å². The van der Waals surface area contributed by atoms with Crippen LogP contribution < -0.4 is 5.32 Å². The first-order chi connectivity index (χ1) is 9.96. The standard InChI is InChI=1S/C15H24N4O2/c1-15(2,3)21-14(20)19-9-5-4-6-12(19)10-18-13-11-16-7-8-17-13/h7-8,11-12H,4-6,9-10H2,1-3H3,(H,17,18)/t12-/m1/s1. The van der Waals surface area contributed by atoms with Crippen LogP contribution in [-0.4, -0.2) is 45.7 Å². The summed E-state index contributed by atoms with van der Waals surface area (Å²) in [4.78, 5) is 22.3. The Morgan fingerprint density at radius 2 is 2.24 bits per heavy atom. The van der Waals surface area contributed by atoms with Crippen molar-refractivity contribution < 1.29 is 9.53 Å². The fraction of sp³-hybridized carbons (Fsp3) is 0.667. The summed E-state index contributed by atoms with van der Waals surface area (Å²) in [5.74, 6) is 0.729. The minimum Gasteiger partial charge on any atom is -0.444 e. The molecule has 0 radical (unpaired) electrons. The third kappa shape index (κ3) is 4.88.